The molecule has 12 aromatic rings. The number of thiophene rings is 1. The molecule has 10 aromatic carbocycles. The molecule has 282 valence electrons. The first kappa shape index (κ1) is 34.4. The summed E-state index contributed by atoms with van der Waals surface area (Å²) in [5, 5.41) is 9.56. The number of rotatable bonds is 7. The summed E-state index contributed by atoms with van der Waals surface area (Å²) in [5.74, 6) is 0. The lowest BCUT2D eigenvalue weighted by molar-refractivity contribution is 0.673. The number of benzene rings is 10. The van der Waals surface area contributed by atoms with E-state index in [1.807, 2.05) is 17.4 Å². The van der Waals surface area contributed by atoms with Crippen molar-refractivity contribution in [1.29, 1.82) is 0 Å². The lowest BCUT2D eigenvalue weighted by Crippen LogP contribution is -2.13. The molecule has 0 aliphatic carbocycles. The Morgan fingerprint density at radius 1 is 0.300 bits per heavy atom. The SMILES string of the molecule is c1ccc(N(c2ccccc2)c2cccc(N(c3ccc(-c4ccc5sc6ccccc6c5c4)cc3)c3ccc4c(c3)c3ccccc3c3c5ccccc5oc43)c2)cc1. The van der Waals surface area contributed by atoms with Crippen LogP contribution < -0.4 is 9.80 Å². The third-order valence-electron chi connectivity index (χ3n) is 11.8. The molecule has 0 N–H and O–H groups in total. The number of nitrogens with zero attached hydrogens (tertiary/aromatic N) is 2. The molecule has 0 spiro atoms. The van der Waals surface area contributed by atoms with Crippen LogP contribution in [-0.4, -0.2) is 0 Å². The predicted octanol–water partition coefficient (Wildman–Crippen LogP) is 16.9. The number of para-hydroxylation sites is 3. The van der Waals surface area contributed by atoms with Crippen molar-refractivity contribution in [2.24, 2.45) is 0 Å². The zero-order valence-corrected chi connectivity index (χ0v) is 33.3. The Morgan fingerprint density at radius 3 is 1.58 bits per heavy atom. The van der Waals surface area contributed by atoms with Gasteiger partial charge in [-0.2, -0.15) is 0 Å². The Bertz CT molecular complexity index is 3510. The second kappa shape index (κ2) is 14.0. The molecular weight excluding hydrogens is 749 g/mol. The minimum atomic E-state index is 0.903. The van der Waals surface area contributed by atoms with E-state index < -0.39 is 0 Å². The maximum Gasteiger partial charge on any atom is 0.143 e. The van der Waals surface area contributed by atoms with E-state index in [4.69, 9.17) is 4.42 Å². The van der Waals surface area contributed by atoms with E-state index in [1.54, 1.807) is 0 Å². The highest BCUT2D eigenvalue weighted by Gasteiger charge is 2.21. The normalized spacial score (nSPS) is 11.7. The van der Waals surface area contributed by atoms with Crippen LogP contribution in [0.15, 0.2) is 223 Å². The third-order valence-corrected chi connectivity index (χ3v) is 13.0. The average molecular weight is 785 g/mol. The van der Waals surface area contributed by atoms with E-state index in [0.29, 0.717) is 0 Å². The van der Waals surface area contributed by atoms with Gasteiger partial charge in [0.15, 0.2) is 0 Å². The lowest BCUT2D eigenvalue weighted by atomic mass is 9.96. The van der Waals surface area contributed by atoms with Crippen LogP contribution in [0.25, 0.3) is 74.8 Å². The summed E-state index contributed by atoms with van der Waals surface area (Å²) in [6, 6.07) is 78.6. The molecule has 0 saturated carbocycles. The van der Waals surface area contributed by atoms with Crippen molar-refractivity contribution in [3.63, 3.8) is 0 Å². The van der Waals surface area contributed by atoms with Gasteiger partial charge in [-0.05, 0) is 124 Å². The molecule has 0 bridgehead atoms. The van der Waals surface area contributed by atoms with Crippen LogP contribution in [0.1, 0.15) is 0 Å². The average Bonchev–Trinajstić information content (AvgIpc) is 3.89. The van der Waals surface area contributed by atoms with Gasteiger partial charge in [0.25, 0.3) is 0 Å². The van der Waals surface area contributed by atoms with Gasteiger partial charge in [0, 0.05) is 70.5 Å². The summed E-state index contributed by atoms with van der Waals surface area (Å²) in [7, 11) is 0. The van der Waals surface area contributed by atoms with E-state index in [2.05, 4.69) is 222 Å². The molecule has 0 amide bonds. The van der Waals surface area contributed by atoms with Crippen LogP contribution in [0.2, 0.25) is 0 Å². The maximum atomic E-state index is 6.65. The van der Waals surface area contributed by atoms with Crippen LogP contribution in [0, 0.1) is 0 Å². The molecule has 12 rings (SSSR count). The molecule has 0 radical (unpaired) electrons. The first-order valence-electron chi connectivity index (χ1n) is 20.3. The Labute approximate surface area is 351 Å². The van der Waals surface area contributed by atoms with Gasteiger partial charge < -0.3 is 14.2 Å². The van der Waals surface area contributed by atoms with E-state index in [1.165, 1.54) is 42.1 Å². The van der Waals surface area contributed by atoms with Gasteiger partial charge in [0.1, 0.15) is 11.2 Å². The summed E-state index contributed by atoms with van der Waals surface area (Å²) < 4.78 is 9.28. The van der Waals surface area contributed by atoms with Gasteiger partial charge in [-0.25, -0.2) is 0 Å². The fourth-order valence-corrected chi connectivity index (χ4v) is 10.1. The fraction of sp³-hybridized carbons (Fsp3) is 0. The van der Waals surface area contributed by atoms with Gasteiger partial charge in [0.2, 0.25) is 0 Å². The Hall–Kier alpha value is -7.66. The van der Waals surface area contributed by atoms with Crippen LogP contribution in [0.4, 0.5) is 34.1 Å². The monoisotopic (exact) mass is 784 g/mol. The summed E-state index contributed by atoms with van der Waals surface area (Å²) in [6.07, 6.45) is 0. The van der Waals surface area contributed by atoms with Crippen molar-refractivity contribution in [3.05, 3.63) is 218 Å². The van der Waals surface area contributed by atoms with Crippen molar-refractivity contribution in [2.75, 3.05) is 9.80 Å². The van der Waals surface area contributed by atoms with Crippen LogP contribution in [-0.2, 0) is 0 Å². The van der Waals surface area contributed by atoms with Crippen molar-refractivity contribution >= 4 is 109 Å². The second-order valence-electron chi connectivity index (χ2n) is 15.3. The highest BCUT2D eigenvalue weighted by Crippen LogP contribution is 2.46. The van der Waals surface area contributed by atoms with Crippen LogP contribution >= 0.6 is 11.3 Å². The lowest BCUT2D eigenvalue weighted by Gasteiger charge is -2.29. The molecule has 0 fully saturated rings. The van der Waals surface area contributed by atoms with Crippen molar-refractivity contribution < 1.29 is 4.42 Å². The maximum absolute atomic E-state index is 6.65. The summed E-state index contributed by atoms with van der Waals surface area (Å²) in [5.41, 5.74) is 10.7. The van der Waals surface area contributed by atoms with E-state index >= 15 is 0 Å². The Balaban J connectivity index is 1.05. The number of hydrogen-bond donors (Lipinski definition) is 0. The highest BCUT2D eigenvalue weighted by atomic mass is 32.1. The first-order chi connectivity index (χ1) is 29.7. The quantitative estimate of drug-likeness (QED) is 0.150. The molecule has 0 saturated heterocycles. The first-order valence-corrected chi connectivity index (χ1v) is 21.1. The van der Waals surface area contributed by atoms with Crippen LogP contribution in [0.5, 0.6) is 0 Å². The van der Waals surface area contributed by atoms with Gasteiger partial charge >= 0.3 is 0 Å². The molecule has 0 unspecified atom stereocenters. The molecule has 0 atom stereocenters. The molecule has 0 aliphatic rings. The second-order valence-corrected chi connectivity index (χ2v) is 16.4. The minimum Gasteiger partial charge on any atom is -0.455 e. The van der Waals surface area contributed by atoms with E-state index in [9.17, 15) is 0 Å². The van der Waals surface area contributed by atoms with Gasteiger partial charge in [-0.1, -0.05) is 121 Å². The van der Waals surface area contributed by atoms with Gasteiger partial charge in [-0.3, -0.25) is 0 Å². The van der Waals surface area contributed by atoms with Crippen molar-refractivity contribution in [1.82, 2.24) is 0 Å². The van der Waals surface area contributed by atoms with Gasteiger partial charge in [0.05, 0.1) is 0 Å². The zero-order chi connectivity index (χ0) is 39.6. The number of anilines is 6. The summed E-state index contributed by atoms with van der Waals surface area (Å²) in [4.78, 5) is 4.70. The Morgan fingerprint density at radius 2 is 0.833 bits per heavy atom. The predicted molar refractivity (Wildman–Crippen MR) is 256 cm³/mol. The standard InChI is InChI=1S/C56H36N2OS/c1-3-14-39(15-4-1)57(40-16-5-2-6-17-40)42-18-13-19-43(35-42)58(41-29-26-37(27-30-41)38-28-33-54-51(34-38)46-21-10-12-25-53(46)60-54)44-31-32-48-50(36-44)45-20-7-8-22-47(45)55-49-23-9-11-24-52(49)59-56(48)55/h1-36H. The Kier molecular flexibility index (Phi) is 8.03. The van der Waals surface area contributed by atoms with Crippen molar-refractivity contribution in [2.45, 2.75) is 0 Å². The minimum absolute atomic E-state index is 0.903. The van der Waals surface area contributed by atoms with Crippen LogP contribution in [0.3, 0.4) is 0 Å². The number of furan rings is 1. The third kappa shape index (κ3) is 5.65. The molecular formula is C56H36N2OS. The number of fused-ring (bicyclic) bond motifs is 11. The largest absolute Gasteiger partial charge is 0.455 e. The number of hydrogen-bond acceptors (Lipinski definition) is 4. The molecule has 3 nitrogen and oxygen atoms in total. The smallest absolute Gasteiger partial charge is 0.143 e. The van der Waals surface area contributed by atoms with E-state index in [-0.39, 0.29) is 0 Å². The highest BCUT2D eigenvalue weighted by molar-refractivity contribution is 7.25. The molecule has 4 heteroatoms. The topological polar surface area (TPSA) is 19.6 Å². The molecule has 0 aliphatic heterocycles. The summed E-state index contributed by atoms with van der Waals surface area (Å²) in [6.45, 7) is 0. The fourth-order valence-electron chi connectivity index (χ4n) is 9.06. The zero-order valence-electron chi connectivity index (χ0n) is 32.5. The van der Waals surface area contributed by atoms with E-state index in [0.717, 1.165) is 66.8 Å². The summed E-state index contributed by atoms with van der Waals surface area (Å²) >= 11 is 1.85. The van der Waals surface area contributed by atoms with Gasteiger partial charge in [-0.15, -0.1) is 11.3 Å². The molecule has 2 aromatic heterocycles. The molecule has 2 heterocycles. The van der Waals surface area contributed by atoms with Crippen molar-refractivity contribution in [3.8, 4) is 11.1 Å². The molecule has 60 heavy (non-hydrogen) atoms.